The highest BCUT2D eigenvalue weighted by Crippen LogP contribution is 2.20. The molecule has 1 aromatic rings. The largest absolute Gasteiger partial charge is 0.492 e. The molecule has 1 unspecified atom stereocenters. The number of anilines is 1. The molecule has 1 amide bonds. The van der Waals surface area contributed by atoms with E-state index < -0.39 is 6.09 Å². The second-order valence-corrected chi connectivity index (χ2v) is 6.87. The van der Waals surface area contributed by atoms with Gasteiger partial charge in [-0.15, -0.1) is 0 Å². The minimum absolute atomic E-state index is 0.312. The van der Waals surface area contributed by atoms with E-state index in [1.54, 1.807) is 0 Å². The SMILES string of the molecule is O=C(O)N1CCCC(Nc2ccc(OCCN3CCOCC3)cc2)CC1. The van der Waals surface area contributed by atoms with Crippen molar-refractivity contribution in [1.29, 1.82) is 0 Å². The number of carboxylic acid groups (broad SMARTS) is 1. The molecule has 2 fully saturated rings. The lowest BCUT2D eigenvalue weighted by Gasteiger charge is -2.26. The molecule has 144 valence electrons. The summed E-state index contributed by atoms with van der Waals surface area (Å²) in [6.07, 6.45) is 1.91. The van der Waals surface area contributed by atoms with Crippen LogP contribution in [0.3, 0.4) is 0 Å². The van der Waals surface area contributed by atoms with Gasteiger partial charge in [-0.25, -0.2) is 4.79 Å². The summed E-state index contributed by atoms with van der Waals surface area (Å²) in [4.78, 5) is 14.9. The molecule has 1 aromatic carbocycles. The number of rotatable bonds is 6. The van der Waals surface area contributed by atoms with Crippen molar-refractivity contribution in [2.24, 2.45) is 0 Å². The molecule has 2 aliphatic heterocycles. The van der Waals surface area contributed by atoms with Crippen LogP contribution >= 0.6 is 0 Å². The summed E-state index contributed by atoms with van der Waals surface area (Å²) in [6, 6.07) is 8.35. The normalized spacial score (nSPS) is 21.8. The van der Waals surface area contributed by atoms with Gasteiger partial charge in [-0.2, -0.15) is 0 Å². The Kier molecular flexibility index (Phi) is 6.96. The number of morpholine rings is 1. The minimum atomic E-state index is -0.816. The Morgan fingerprint density at radius 2 is 1.92 bits per heavy atom. The van der Waals surface area contributed by atoms with Gasteiger partial charge in [-0.05, 0) is 43.5 Å². The van der Waals surface area contributed by atoms with Crippen LogP contribution in [0.4, 0.5) is 10.5 Å². The van der Waals surface area contributed by atoms with Gasteiger partial charge in [0.2, 0.25) is 0 Å². The number of nitrogens with one attached hydrogen (secondary N) is 1. The molecule has 7 nitrogen and oxygen atoms in total. The van der Waals surface area contributed by atoms with Crippen molar-refractivity contribution in [3.05, 3.63) is 24.3 Å². The molecule has 2 aliphatic rings. The first-order chi connectivity index (χ1) is 12.7. The molecule has 0 saturated carbocycles. The zero-order chi connectivity index (χ0) is 18.2. The Morgan fingerprint density at radius 1 is 1.15 bits per heavy atom. The lowest BCUT2D eigenvalue weighted by molar-refractivity contribution is 0.0322. The van der Waals surface area contributed by atoms with E-state index in [1.165, 1.54) is 4.90 Å². The molecule has 26 heavy (non-hydrogen) atoms. The van der Waals surface area contributed by atoms with Crippen LogP contribution in [-0.2, 0) is 4.74 Å². The summed E-state index contributed by atoms with van der Waals surface area (Å²) in [6.45, 7) is 6.41. The van der Waals surface area contributed by atoms with E-state index in [2.05, 4.69) is 10.2 Å². The molecule has 0 aliphatic carbocycles. The number of carbonyl (C=O) groups is 1. The molecule has 3 rings (SSSR count). The average Bonchev–Trinajstić information content (AvgIpc) is 2.90. The highest BCUT2D eigenvalue weighted by molar-refractivity contribution is 5.64. The summed E-state index contributed by atoms with van der Waals surface area (Å²) < 4.78 is 11.2. The zero-order valence-corrected chi connectivity index (χ0v) is 15.2. The molecule has 2 heterocycles. The Balaban J connectivity index is 1.40. The van der Waals surface area contributed by atoms with E-state index in [0.29, 0.717) is 25.7 Å². The van der Waals surface area contributed by atoms with Crippen LogP contribution in [-0.4, -0.2) is 79.6 Å². The van der Waals surface area contributed by atoms with Gasteiger partial charge in [0.15, 0.2) is 0 Å². The fourth-order valence-electron chi connectivity index (χ4n) is 3.43. The van der Waals surface area contributed by atoms with Crippen LogP contribution in [0.15, 0.2) is 24.3 Å². The predicted molar refractivity (Wildman–Crippen MR) is 100 cm³/mol. The van der Waals surface area contributed by atoms with Crippen molar-refractivity contribution in [2.75, 3.05) is 57.9 Å². The average molecular weight is 363 g/mol. The first-order valence-electron chi connectivity index (χ1n) is 9.48. The first kappa shape index (κ1) is 18.8. The minimum Gasteiger partial charge on any atom is -0.492 e. The van der Waals surface area contributed by atoms with E-state index in [-0.39, 0.29) is 0 Å². The van der Waals surface area contributed by atoms with Crippen LogP contribution in [0.25, 0.3) is 0 Å². The quantitative estimate of drug-likeness (QED) is 0.808. The molecular formula is C19H29N3O4. The molecule has 2 N–H and O–H groups in total. The van der Waals surface area contributed by atoms with Gasteiger partial charge >= 0.3 is 6.09 Å². The van der Waals surface area contributed by atoms with E-state index in [4.69, 9.17) is 14.6 Å². The summed E-state index contributed by atoms with van der Waals surface area (Å²) >= 11 is 0. The van der Waals surface area contributed by atoms with Crippen molar-refractivity contribution in [1.82, 2.24) is 9.80 Å². The number of amides is 1. The fourth-order valence-corrected chi connectivity index (χ4v) is 3.43. The first-order valence-corrected chi connectivity index (χ1v) is 9.48. The monoisotopic (exact) mass is 363 g/mol. The molecule has 1 atom stereocenters. The highest BCUT2D eigenvalue weighted by atomic mass is 16.5. The van der Waals surface area contributed by atoms with Gasteiger partial charge in [0.1, 0.15) is 12.4 Å². The molecule has 0 bridgehead atoms. The van der Waals surface area contributed by atoms with Crippen LogP contribution in [0, 0.1) is 0 Å². The maximum atomic E-state index is 11.1. The Bertz CT molecular complexity index is 560. The number of hydrogen-bond acceptors (Lipinski definition) is 5. The van der Waals surface area contributed by atoms with Crippen molar-refractivity contribution in [3.8, 4) is 5.75 Å². The third-order valence-electron chi connectivity index (χ3n) is 5.00. The third kappa shape index (κ3) is 5.78. The van der Waals surface area contributed by atoms with Crippen LogP contribution in [0.1, 0.15) is 19.3 Å². The maximum Gasteiger partial charge on any atom is 0.407 e. The summed E-state index contributed by atoms with van der Waals surface area (Å²) in [5.74, 6) is 0.877. The number of likely N-dealkylation sites (tertiary alicyclic amines) is 1. The van der Waals surface area contributed by atoms with Gasteiger partial charge < -0.3 is 24.8 Å². The second-order valence-electron chi connectivity index (χ2n) is 6.87. The second kappa shape index (κ2) is 9.64. The van der Waals surface area contributed by atoms with Gasteiger partial charge in [-0.1, -0.05) is 0 Å². The van der Waals surface area contributed by atoms with E-state index >= 15 is 0 Å². The van der Waals surface area contributed by atoms with Gasteiger partial charge in [0.05, 0.1) is 13.2 Å². The molecule has 2 saturated heterocycles. The van der Waals surface area contributed by atoms with E-state index in [9.17, 15) is 4.79 Å². The summed E-state index contributed by atoms with van der Waals surface area (Å²) in [5.41, 5.74) is 1.05. The number of benzene rings is 1. The maximum absolute atomic E-state index is 11.1. The lowest BCUT2D eigenvalue weighted by Crippen LogP contribution is -2.38. The number of hydrogen-bond donors (Lipinski definition) is 2. The Labute approximate surface area is 154 Å². The standard InChI is InChI=1S/C19H29N3O4/c23-19(24)22-8-1-2-16(7-9-22)20-17-3-5-18(6-4-17)26-15-12-21-10-13-25-14-11-21/h3-6,16,20H,1-2,7-15H2,(H,23,24). The predicted octanol–water partition coefficient (Wildman–Crippen LogP) is 2.34. The summed E-state index contributed by atoms with van der Waals surface area (Å²) in [5, 5.41) is 12.6. The third-order valence-corrected chi connectivity index (χ3v) is 5.00. The van der Waals surface area contributed by atoms with Crippen molar-refractivity contribution in [2.45, 2.75) is 25.3 Å². The molecule has 0 radical (unpaired) electrons. The smallest absolute Gasteiger partial charge is 0.407 e. The van der Waals surface area contributed by atoms with Crippen molar-refractivity contribution < 1.29 is 19.4 Å². The highest BCUT2D eigenvalue weighted by Gasteiger charge is 2.19. The fraction of sp³-hybridized carbons (Fsp3) is 0.632. The molecule has 0 aromatic heterocycles. The van der Waals surface area contributed by atoms with Crippen molar-refractivity contribution in [3.63, 3.8) is 0 Å². The number of nitrogens with zero attached hydrogens (tertiary/aromatic N) is 2. The van der Waals surface area contributed by atoms with Crippen LogP contribution in [0.2, 0.25) is 0 Å². The van der Waals surface area contributed by atoms with E-state index in [1.807, 2.05) is 24.3 Å². The van der Waals surface area contributed by atoms with Gasteiger partial charge in [0.25, 0.3) is 0 Å². The topological polar surface area (TPSA) is 74.3 Å². The molecular weight excluding hydrogens is 334 g/mol. The van der Waals surface area contributed by atoms with Crippen LogP contribution < -0.4 is 10.1 Å². The van der Waals surface area contributed by atoms with E-state index in [0.717, 1.165) is 63.5 Å². The Hall–Kier alpha value is -1.99. The molecule has 7 heteroatoms. The summed E-state index contributed by atoms with van der Waals surface area (Å²) in [7, 11) is 0. The van der Waals surface area contributed by atoms with Gasteiger partial charge in [0, 0.05) is 44.5 Å². The van der Waals surface area contributed by atoms with Crippen LogP contribution in [0.5, 0.6) is 5.75 Å². The number of ether oxygens (including phenoxy) is 2. The Morgan fingerprint density at radius 3 is 2.65 bits per heavy atom. The van der Waals surface area contributed by atoms with Gasteiger partial charge in [-0.3, -0.25) is 4.90 Å². The zero-order valence-electron chi connectivity index (χ0n) is 15.2. The van der Waals surface area contributed by atoms with Crippen molar-refractivity contribution >= 4 is 11.8 Å². The molecule has 0 spiro atoms. The lowest BCUT2D eigenvalue weighted by atomic mass is 10.1.